The van der Waals surface area contributed by atoms with Gasteiger partial charge < -0.3 is 0 Å². The fourth-order valence-corrected chi connectivity index (χ4v) is 3.42. The Labute approximate surface area is 124 Å². The first-order valence-electron chi connectivity index (χ1n) is 6.22. The van der Waals surface area contributed by atoms with E-state index in [1.807, 2.05) is 29.2 Å². The second-order valence-electron chi connectivity index (χ2n) is 4.94. The Balaban J connectivity index is 1.98. The maximum Gasteiger partial charge on any atom is 0.328 e. The lowest BCUT2D eigenvalue weighted by Gasteiger charge is -2.30. The molecule has 8 heteroatoms. The van der Waals surface area contributed by atoms with Crippen LogP contribution in [0.2, 0.25) is 0 Å². The summed E-state index contributed by atoms with van der Waals surface area (Å²) in [5.74, 6) is 0.121. The number of hydrogen-bond acceptors (Lipinski definition) is 4. The second kappa shape index (κ2) is 4.85. The molecule has 1 atom stereocenters. The molecule has 3 rings (SSSR count). The minimum atomic E-state index is -4.19. The van der Waals surface area contributed by atoms with E-state index < -0.39 is 25.2 Å². The molecule has 110 valence electrons. The Kier molecular flexibility index (Phi) is 3.26. The smallest absolute Gasteiger partial charge is 0.299 e. The fourth-order valence-electron chi connectivity index (χ4n) is 2.56. The molecule has 0 amide bonds. The number of hydrogen-bond donors (Lipinski definition) is 1. The number of aromatic nitrogens is 2. The Bertz CT molecular complexity index is 930. The Morgan fingerprint density at radius 2 is 2.00 bits per heavy atom. The van der Waals surface area contributed by atoms with Gasteiger partial charge in [0, 0.05) is 29.3 Å². The molecule has 2 aromatic rings. The predicted octanol–water partition coefficient (Wildman–Crippen LogP) is 0.804. The molecule has 1 aliphatic carbocycles. The van der Waals surface area contributed by atoms with Gasteiger partial charge in [-0.25, -0.2) is 13.2 Å². The van der Waals surface area contributed by atoms with Gasteiger partial charge in [-0.15, -0.1) is 0 Å². The molecule has 1 unspecified atom stereocenters. The number of fused-ring (bicyclic) bond motifs is 1. The van der Waals surface area contributed by atoms with Gasteiger partial charge in [0.1, 0.15) is 0 Å². The van der Waals surface area contributed by atoms with Gasteiger partial charge in [-0.1, -0.05) is 24.3 Å². The van der Waals surface area contributed by atoms with Crippen LogP contribution >= 0.6 is 10.7 Å². The first-order chi connectivity index (χ1) is 9.86. The Morgan fingerprint density at radius 3 is 2.67 bits per heavy atom. The summed E-state index contributed by atoms with van der Waals surface area (Å²) in [6.07, 6.45) is 1.81. The molecule has 0 saturated heterocycles. The topological polar surface area (TPSA) is 89.0 Å². The minimum Gasteiger partial charge on any atom is -0.299 e. The molecule has 21 heavy (non-hydrogen) atoms. The lowest BCUT2D eigenvalue weighted by atomic mass is 9.77. The molecule has 1 aromatic carbocycles. The van der Waals surface area contributed by atoms with Crippen molar-refractivity contribution >= 4 is 19.7 Å². The summed E-state index contributed by atoms with van der Waals surface area (Å²) in [5.41, 5.74) is 0.699. The van der Waals surface area contributed by atoms with Gasteiger partial charge in [0.05, 0.1) is 0 Å². The monoisotopic (exact) mass is 326 g/mol. The summed E-state index contributed by atoms with van der Waals surface area (Å²) in [6, 6.07) is 7.84. The molecule has 0 aliphatic heterocycles. The van der Waals surface area contributed by atoms with Crippen molar-refractivity contribution in [1.29, 1.82) is 0 Å². The number of aromatic amines is 1. The van der Waals surface area contributed by atoms with Crippen molar-refractivity contribution in [2.24, 2.45) is 0 Å². The van der Waals surface area contributed by atoms with E-state index in [0.29, 0.717) is 6.54 Å². The average Bonchev–Trinajstić information content (AvgIpc) is 2.36. The third kappa shape index (κ3) is 2.54. The van der Waals surface area contributed by atoms with Crippen LogP contribution in [0.4, 0.5) is 0 Å². The van der Waals surface area contributed by atoms with E-state index in [1.165, 1.54) is 10.1 Å². The van der Waals surface area contributed by atoms with E-state index in [1.54, 1.807) is 0 Å². The molecule has 1 N–H and O–H groups in total. The van der Waals surface area contributed by atoms with Crippen molar-refractivity contribution in [2.75, 3.05) is 0 Å². The molecule has 1 heterocycles. The van der Waals surface area contributed by atoms with E-state index >= 15 is 0 Å². The summed E-state index contributed by atoms with van der Waals surface area (Å²) >= 11 is 0. The average molecular weight is 327 g/mol. The van der Waals surface area contributed by atoms with Gasteiger partial charge in [0.25, 0.3) is 14.6 Å². The largest absolute Gasteiger partial charge is 0.328 e. The standard InChI is InChI=1S/C13H11ClN2O4S/c14-21(19,20)11-7-16(13(18)15-12(11)17)6-9-5-8-3-1-2-4-10(8)9/h1-4,7,9H,5-6H2,(H,15,17,18). The SMILES string of the molecule is O=c1[nH]c(=O)n(CC2Cc3ccccc32)cc1S(=O)(=O)Cl. The number of H-pyrrole nitrogens is 1. The highest BCUT2D eigenvalue weighted by Crippen LogP contribution is 2.35. The van der Waals surface area contributed by atoms with Gasteiger partial charge in [-0.05, 0) is 17.5 Å². The van der Waals surface area contributed by atoms with Gasteiger partial charge >= 0.3 is 5.69 Å². The number of halogens is 1. The molecule has 6 nitrogen and oxygen atoms in total. The van der Waals surface area contributed by atoms with Crippen LogP contribution in [0, 0.1) is 0 Å². The van der Waals surface area contributed by atoms with Crippen molar-refractivity contribution < 1.29 is 8.42 Å². The zero-order valence-electron chi connectivity index (χ0n) is 10.7. The Hall–Kier alpha value is -1.86. The lowest BCUT2D eigenvalue weighted by Crippen LogP contribution is -2.35. The van der Waals surface area contributed by atoms with Gasteiger partial charge in [0.2, 0.25) is 0 Å². The zero-order chi connectivity index (χ0) is 15.2. The summed E-state index contributed by atoms with van der Waals surface area (Å²) < 4.78 is 23.8. The quantitative estimate of drug-likeness (QED) is 0.845. The van der Waals surface area contributed by atoms with Crippen LogP contribution in [0.15, 0.2) is 44.9 Å². The highest BCUT2D eigenvalue weighted by molar-refractivity contribution is 8.13. The molecule has 1 aliphatic rings. The molecule has 0 spiro atoms. The van der Waals surface area contributed by atoms with Gasteiger partial charge in [-0.2, -0.15) is 0 Å². The number of nitrogens with one attached hydrogen (secondary N) is 1. The van der Waals surface area contributed by atoms with Crippen molar-refractivity contribution in [2.45, 2.75) is 23.8 Å². The van der Waals surface area contributed by atoms with E-state index in [-0.39, 0.29) is 5.92 Å². The van der Waals surface area contributed by atoms with Crippen LogP contribution in [0.3, 0.4) is 0 Å². The molecule has 0 bridgehead atoms. The van der Waals surface area contributed by atoms with Crippen LogP contribution in [0.25, 0.3) is 0 Å². The van der Waals surface area contributed by atoms with Gasteiger partial charge in [0.15, 0.2) is 4.90 Å². The first-order valence-corrected chi connectivity index (χ1v) is 8.53. The normalized spacial score (nSPS) is 17.1. The molecule has 0 fully saturated rings. The summed E-state index contributed by atoms with van der Waals surface area (Å²) in [5, 5.41) is 0. The summed E-state index contributed by atoms with van der Waals surface area (Å²) in [7, 11) is 1.00. The highest BCUT2D eigenvalue weighted by Gasteiger charge is 2.27. The van der Waals surface area contributed by atoms with Crippen molar-refractivity contribution in [3.63, 3.8) is 0 Å². The fraction of sp³-hybridized carbons (Fsp3) is 0.231. The van der Waals surface area contributed by atoms with E-state index in [0.717, 1.165) is 18.2 Å². The third-order valence-corrected chi connectivity index (χ3v) is 4.93. The summed E-state index contributed by atoms with van der Waals surface area (Å²) in [6.45, 7) is 0.298. The molecular formula is C13H11ClN2O4S. The van der Waals surface area contributed by atoms with Crippen molar-refractivity contribution in [3.05, 3.63) is 62.4 Å². The van der Waals surface area contributed by atoms with Gasteiger partial charge in [-0.3, -0.25) is 14.3 Å². The Morgan fingerprint density at radius 1 is 1.29 bits per heavy atom. The molecule has 0 radical (unpaired) electrons. The molecule has 0 saturated carbocycles. The van der Waals surface area contributed by atoms with Crippen LogP contribution in [0.5, 0.6) is 0 Å². The van der Waals surface area contributed by atoms with Crippen LogP contribution in [-0.2, 0) is 22.0 Å². The lowest BCUT2D eigenvalue weighted by molar-refractivity contribution is 0.486. The number of benzene rings is 1. The molecular weight excluding hydrogens is 316 g/mol. The van der Waals surface area contributed by atoms with E-state index in [9.17, 15) is 18.0 Å². The number of rotatable bonds is 3. The second-order valence-corrected chi connectivity index (χ2v) is 7.48. The number of nitrogens with zero attached hydrogens (tertiary/aromatic N) is 1. The highest BCUT2D eigenvalue weighted by atomic mass is 35.7. The minimum absolute atomic E-state index is 0.121. The van der Waals surface area contributed by atoms with Crippen LogP contribution < -0.4 is 11.2 Å². The maximum atomic E-state index is 11.8. The van der Waals surface area contributed by atoms with E-state index in [4.69, 9.17) is 10.7 Å². The zero-order valence-corrected chi connectivity index (χ0v) is 12.3. The third-order valence-electron chi connectivity index (χ3n) is 3.62. The first kappa shape index (κ1) is 14.1. The van der Waals surface area contributed by atoms with E-state index in [2.05, 4.69) is 0 Å². The predicted molar refractivity (Wildman–Crippen MR) is 77.2 cm³/mol. The van der Waals surface area contributed by atoms with Crippen LogP contribution in [0.1, 0.15) is 17.0 Å². The van der Waals surface area contributed by atoms with Crippen LogP contribution in [-0.4, -0.2) is 18.0 Å². The summed E-state index contributed by atoms with van der Waals surface area (Å²) in [4.78, 5) is 24.6. The molecule has 1 aromatic heterocycles. The van der Waals surface area contributed by atoms with Crippen molar-refractivity contribution in [3.8, 4) is 0 Å². The maximum absolute atomic E-state index is 11.8. The van der Waals surface area contributed by atoms with Crippen molar-refractivity contribution in [1.82, 2.24) is 9.55 Å².